The third kappa shape index (κ3) is 3.52. The number of urea groups is 1. The van der Waals surface area contributed by atoms with Gasteiger partial charge in [0.05, 0.1) is 11.9 Å². The summed E-state index contributed by atoms with van der Waals surface area (Å²) in [5.74, 6) is -1.54. The van der Waals surface area contributed by atoms with Gasteiger partial charge >= 0.3 is 12.0 Å². The molecule has 102 valence electrons. The van der Waals surface area contributed by atoms with Gasteiger partial charge in [0.15, 0.2) is 0 Å². The molecule has 6 nitrogen and oxygen atoms in total. The molecule has 0 aliphatic carbocycles. The number of halogens is 1. The minimum Gasteiger partial charge on any atom is -0.477 e. The lowest BCUT2D eigenvalue weighted by Gasteiger charge is -2.07. The third-order valence-corrected chi connectivity index (χ3v) is 2.34. The average molecular weight is 275 g/mol. The van der Waals surface area contributed by atoms with Crippen molar-refractivity contribution in [3.05, 3.63) is 54.1 Å². The summed E-state index contributed by atoms with van der Waals surface area (Å²) < 4.78 is 12.7. The Hall–Kier alpha value is -2.96. The van der Waals surface area contributed by atoms with Gasteiger partial charge < -0.3 is 15.7 Å². The number of nitrogens with one attached hydrogen (secondary N) is 2. The first kappa shape index (κ1) is 13.5. The van der Waals surface area contributed by atoms with Crippen molar-refractivity contribution in [2.75, 3.05) is 10.6 Å². The predicted octanol–water partition coefficient (Wildman–Crippen LogP) is 2.56. The molecule has 0 bridgehead atoms. The standard InChI is InChI=1S/C13H10FN3O3/c14-8-1-3-9(4-2-8)16-13(20)17-10-5-6-11(12(18)19)15-7-10/h1-7H,(H,18,19)(H2,16,17,20). The number of carbonyl (C=O) groups is 2. The van der Waals surface area contributed by atoms with Crippen LogP contribution in [0.5, 0.6) is 0 Å². The summed E-state index contributed by atoms with van der Waals surface area (Å²) >= 11 is 0. The van der Waals surface area contributed by atoms with Crippen molar-refractivity contribution >= 4 is 23.4 Å². The van der Waals surface area contributed by atoms with E-state index in [0.29, 0.717) is 11.4 Å². The largest absolute Gasteiger partial charge is 0.477 e. The summed E-state index contributed by atoms with van der Waals surface area (Å²) in [6.45, 7) is 0. The third-order valence-electron chi connectivity index (χ3n) is 2.34. The van der Waals surface area contributed by atoms with Crippen molar-refractivity contribution in [3.8, 4) is 0 Å². The molecule has 0 saturated heterocycles. The summed E-state index contributed by atoms with van der Waals surface area (Å²) in [7, 11) is 0. The Morgan fingerprint density at radius 3 is 2.15 bits per heavy atom. The molecule has 2 rings (SSSR count). The van der Waals surface area contributed by atoms with Crippen LogP contribution in [0.4, 0.5) is 20.6 Å². The fourth-order valence-electron chi connectivity index (χ4n) is 1.42. The number of aromatic nitrogens is 1. The number of carbonyl (C=O) groups excluding carboxylic acids is 1. The van der Waals surface area contributed by atoms with E-state index in [1.807, 2.05) is 0 Å². The van der Waals surface area contributed by atoms with Crippen molar-refractivity contribution in [2.45, 2.75) is 0 Å². The lowest BCUT2D eigenvalue weighted by molar-refractivity contribution is 0.0690. The summed E-state index contributed by atoms with van der Waals surface area (Å²) in [5, 5.41) is 13.6. The normalized spacial score (nSPS) is 9.85. The number of amides is 2. The minimum atomic E-state index is -1.15. The Labute approximate surface area is 113 Å². The van der Waals surface area contributed by atoms with Crippen LogP contribution >= 0.6 is 0 Å². The molecule has 0 aliphatic rings. The number of benzene rings is 1. The molecule has 0 aliphatic heterocycles. The number of pyridine rings is 1. The molecule has 0 spiro atoms. The Morgan fingerprint density at radius 2 is 1.60 bits per heavy atom. The quantitative estimate of drug-likeness (QED) is 0.802. The van der Waals surface area contributed by atoms with Gasteiger partial charge in [-0.15, -0.1) is 0 Å². The fourth-order valence-corrected chi connectivity index (χ4v) is 1.42. The van der Waals surface area contributed by atoms with Gasteiger partial charge in [-0.1, -0.05) is 0 Å². The van der Waals surface area contributed by atoms with E-state index in [1.165, 1.54) is 42.6 Å². The molecule has 1 heterocycles. The molecule has 2 amide bonds. The smallest absolute Gasteiger partial charge is 0.354 e. The summed E-state index contributed by atoms with van der Waals surface area (Å²) in [6, 6.07) is 7.43. The number of carboxylic acid groups (broad SMARTS) is 1. The van der Waals surface area contributed by atoms with Crippen LogP contribution in [-0.2, 0) is 0 Å². The van der Waals surface area contributed by atoms with Crippen molar-refractivity contribution in [2.24, 2.45) is 0 Å². The van der Waals surface area contributed by atoms with Gasteiger partial charge in [-0.2, -0.15) is 0 Å². The summed E-state index contributed by atoms with van der Waals surface area (Å²) in [5.41, 5.74) is 0.656. The second-order valence-corrected chi connectivity index (χ2v) is 3.82. The van der Waals surface area contributed by atoms with E-state index in [-0.39, 0.29) is 5.69 Å². The maximum Gasteiger partial charge on any atom is 0.354 e. The molecule has 7 heteroatoms. The van der Waals surface area contributed by atoms with E-state index < -0.39 is 17.8 Å². The van der Waals surface area contributed by atoms with Crippen LogP contribution in [0.15, 0.2) is 42.6 Å². The molecule has 0 unspecified atom stereocenters. The minimum absolute atomic E-state index is 0.116. The molecule has 3 N–H and O–H groups in total. The molecular formula is C13H10FN3O3. The number of carboxylic acids is 1. The highest BCUT2D eigenvalue weighted by molar-refractivity contribution is 5.99. The molecule has 0 fully saturated rings. The van der Waals surface area contributed by atoms with Crippen LogP contribution in [0.2, 0.25) is 0 Å². The monoisotopic (exact) mass is 275 g/mol. The molecule has 0 atom stereocenters. The lowest BCUT2D eigenvalue weighted by Crippen LogP contribution is -2.19. The Balaban J connectivity index is 1.97. The van der Waals surface area contributed by atoms with Crippen molar-refractivity contribution in [1.29, 1.82) is 0 Å². The van der Waals surface area contributed by atoms with Crippen molar-refractivity contribution in [1.82, 2.24) is 4.98 Å². The fraction of sp³-hybridized carbons (Fsp3) is 0. The number of aromatic carboxylic acids is 1. The number of hydrogen-bond donors (Lipinski definition) is 3. The molecule has 0 radical (unpaired) electrons. The number of anilines is 2. The highest BCUT2D eigenvalue weighted by Crippen LogP contribution is 2.10. The Bertz CT molecular complexity index is 626. The van der Waals surface area contributed by atoms with E-state index >= 15 is 0 Å². The van der Waals surface area contributed by atoms with Gasteiger partial charge in [0.2, 0.25) is 0 Å². The highest BCUT2D eigenvalue weighted by Gasteiger charge is 2.06. The van der Waals surface area contributed by atoms with E-state index in [9.17, 15) is 14.0 Å². The number of rotatable bonds is 3. The van der Waals surface area contributed by atoms with E-state index in [1.54, 1.807) is 0 Å². The maximum absolute atomic E-state index is 12.7. The first-order chi connectivity index (χ1) is 9.54. The second kappa shape index (κ2) is 5.79. The van der Waals surface area contributed by atoms with E-state index in [2.05, 4.69) is 15.6 Å². The molecule has 20 heavy (non-hydrogen) atoms. The zero-order valence-corrected chi connectivity index (χ0v) is 10.1. The van der Waals surface area contributed by atoms with Gasteiger partial charge in [0, 0.05) is 5.69 Å². The maximum atomic E-state index is 12.7. The van der Waals surface area contributed by atoms with Gasteiger partial charge in [0.25, 0.3) is 0 Å². The van der Waals surface area contributed by atoms with Gasteiger partial charge in [-0.3, -0.25) is 0 Å². The number of hydrogen-bond acceptors (Lipinski definition) is 3. The second-order valence-electron chi connectivity index (χ2n) is 3.82. The molecule has 1 aromatic carbocycles. The predicted molar refractivity (Wildman–Crippen MR) is 70.2 cm³/mol. The molecule has 2 aromatic rings. The van der Waals surface area contributed by atoms with Crippen LogP contribution in [-0.4, -0.2) is 22.1 Å². The zero-order valence-electron chi connectivity index (χ0n) is 10.1. The molecular weight excluding hydrogens is 265 g/mol. The van der Waals surface area contributed by atoms with Crippen LogP contribution in [0.3, 0.4) is 0 Å². The SMILES string of the molecule is O=C(Nc1ccc(F)cc1)Nc1ccc(C(=O)O)nc1. The van der Waals surface area contributed by atoms with Gasteiger partial charge in [-0.05, 0) is 36.4 Å². The first-order valence-corrected chi connectivity index (χ1v) is 5.57. The first-order valence-electron chi connectivity index (χ1n) is 5.57. The van der Waals surface area contributed by atoms with E-state index in [0.717, 1.165) is 0 Å². The molecule has 1 aromatic heterocycles. The Morgan fingerprint density at radius 1 is 1.00 bits per heavy atom. The van der Waals surface area contributed by atoms with Gasteiger partial charge in [0.1, 0.15) is 11.5 Å². The van der Waals surface area contributed by atoms with Crippen LogP contribution in [0, 0.1) is 5.82 Å². The lowest BCUT2D eigenvalue weighted by atomic mass is 10.3. The van der Waals surface area contributed by atoms with E-state index in [4.69, 9.17) is 5.11 Å². The van der Waals surface area contributed by atoms with Crippen LogP contribution < -0.4 is 10.6 Å². The van der Waals surface area contributed by atoms with Crippen LogP contribution in [0.25, 0.3) is 0 Å². The molecule has 0 saturated carbocycles. The van der Waals surface area contributed by atoms with Crippen molar-refractivity contribution in [3.63, 3.8) is 0 Å². The zero-order chi connectivity index (χ0) is 14.5. The van der Waals surface area contributed by atoms with Gasteiger partial charge in [-0.25, -0.2) is 19.0 Å². The van der Waals surface area contributed by atoms with Crippen molar-refractivity contribution < 1.29 is 19.1 Å². The number of nitrogens with zero attached hydrogens (tertiary/aromatic N) is 1. The average Bonchev–Trinajstić information content (AvgIpc) is 2.42. The topological polar surface area (TPSA) is 91.3 Å². The summed E-state index contributed by atoms with van der Waals surface area (Å²) in [6.07, 6.45) is 1.23. The highest BCUT2D eigenvalue weighted by atomic mass is 19.1. The van der Waals surface area contributed by atoms with Crippen LogP contribution in [0.1, 0.15) is 10.5 Å². The summed E-state index contributed by atoms with van der Waals surface area (Å²) in [4.78, 5) is 25.9. The Kier molecular flexibility index (Phi) is 3.90.